The van der Waals surface area contributed by atoms with Crippen molar-refractivity contribution >= 4 is 28.3 Å². The van der Waals surface area contributed by atoms with Crippen molar-refractivity contribution in [3.63, 3.8) is 0 Å². The van der Waals surface area contributed by atoms with Crippen LogP contribution in [0.3, 0.4) is 0 Å². The summed E-state index contributed by atoms with van der Waals surface area (Å²) >= 11 is 6.60. The summed E-state index contributed by atoms with van der Waals surface area (Å²) in [6, 6.07) is 21.5. The lowest BCUT2D eigenvalue weighted by Crippen LogP contribution is -2.32. The number of benzene rings is 3. The molecular formula is C25H20ClNO3. The maximum atomic E-state index is 12.4. The van der Waals surface area contributed by atoms with Crippen molar-refractivity contribution < 1.29 is 9.15 Å². The van der Waals surface area contributed by atoms with Crippen LogP contribution in [-0.2, 0) is 13.0 Å². The maximum absolute atomic E-state index is 12.4. The standard InChI is InChI=1S/C25H20ClNO3/c1-2-16-7-6-10-18(11-16)27-14-21-24-20(12-22(26)25(21)29-15-27)19(13-23(28)30-24)17-8-4-3-5-9-17/h3-13H,2,14-15H2,1H3. The molecular weight excluding hydrogens is 398 g/mol. The summed E-state index contributed by atoms with van der Waals surface area (Å²) in [5.74, 6) is 0.584. The van der Waals surface area contributed by atoms with Gasteiger partial charge in [-0.2, -0.15) is 0 Å². The predicted octanol–water partition coefficient (Wildman–Crippen LogP) is 6.03. The van der Waals surface area contributed by atoms with Gasteiger partial charge in [0.15, 0.2) is 6.73 Å². The quantitative estimate of drug-likeness (QED) is 0.381. The first-order valence-electron chi connectivity index (χ1n) is 9.95. The largest absolute Gasteiger partial charge is 0.471 e. The molecule has 0 saturated carbocycles. The van der Waals surface area contributed by atoms with Crippen molar-refractivity contribution in [2.75, 3.05) is 11.6 Å². The molecule has 0 atom stereocenters. The number of hydrogen-bond donors (Lipinski definition) is 0. The Bertz CT molecular complexity index is 1300. The van der Waals surface area contributed by atoms with Crippen LogP contribution in [0.1, 0.15) is 18.1 Å². The number of halogens is 1. The van der Waals surface area contributed by atoms with Gasteiger partial charge in [-0.15, -0.1) is 0 Å². The molecule has 4 aromatic rings. The second kappa shape index (κ2) is 7.54. The molecule has 1 aliphatic rings. The Morgan fingerprint density at radius 2 is 1.87 bits per heavy atom. The van der Waals surface area contributed by atoms with Crippen molar-refractivity contribution in [2.45, 2.75) is 19.9 Å². The fraction of sp³-hybridized carbons (Fsp3) is 0.160. The molecule has 0 spiro atoms. The highest BCUT2D eigenvalue weighted by molar-refractivity contribution is 6.33. The number of hydrogen-bond acceptors (Lipinski definition) is 4. The fourth-order valence-electron chi connectivity index (χ4n) is 3.98. The number of rotatable bonds is 3. The second-order valence-corrected chi connectivity index (χ2v) is 7.79. The van der Waals surface area contributed by atoms with Gasteiger partial charge in [-0.1, -0.05) is 61.0 Å². The molecule has 0 N–H and O–H groups in total. The topological polar surface area (TPSA) is 42.7 Å². The monoisotopic (exact) mass is 417 g/mol. The molecule has 2 heterocycles. The van der Waals surface area contributed by atoms with Crippen LogP contribution in [0.25, 0.3) is 22.1 Å². The zero-order chi connectivity index (χ0) is 20.7. The Balaban J connectivity index is 1.68. The van der Waals surface area contributed by atoms with E-state index in [0.717, 1.165) is 34.2 Å². The summed E-state index contributed by atoms with van der Waals surface area (Å²) in [4.78, 5) is 14.5. The minimum atomic E-state index is -0.393. The molecule has 4 nitrogen and oxygen atoms in total. The van der Waals surface area contributed by atoms with E-state index in [1.165, 1.54) is 11.6 Å². The van der Waals surface area contributed by atoms with E-state index in [4.69, 9.17) is 20.8 Å². The van der Waals surface area contributed by atoms with Gasteiger partial charge >= 0.3 is 5.63 Å². The SMILES string of the molecule is CCc1cccc(N2COc3c(Cl)cc4c(-c5ccccc5)cc(=O)oc4c3C2)c1. The van der Waals surface area contributed by atoms with E-state index < -0.39 is 5.63 Å². The molecule has 1 aliphatic heterocycles. The van der Waals surface area contributed by atoms with Crippen LogP contribution in [0, 0.1) is 0 Å². The number of ether oxygens (including phenoxy) is 1. The number of fused-ring (bicyclic) bond motifs is 3. The lowest BCUT2D eigenvalue weighted by atomic mass is 9.99. The first-order valence-corrected chi connectivity index (χ1v) is 10.3. The molecule has 5 rings (SSSR count). The smallest absolute Gasteiger partial charge is 0.336 e. The predicted molar refractivity (Wildman–Crippen MR) is 120 cm³/mol. The third-order valence-corrected chi connectivity index (χ3v) is 5.80. The van der Waals surface area contributed by atoms with Gasteiger partial charge in [0.25, 0.3) is 0 Å². The van der Waals surface area contributed by atoms with Crippen LogP contribution in [0.2, 0.25) is 5.02 Å². The lowest BCUT2D eigenvalue weighted by molar-refractivity contribution is 0.289. The molecule has 1 aromatic heterocycles. The fourth-order valence-corrected chi connectivity index (χ4v) is 4.26. The van der Waals surface area contributed by atoms with Gasteiger partial charge in [-0.25, -0.2) is 4.79 Å². The maximum Gasteiger partial charge on any atom is 0.336 e. The molecule has 0 saturated heterocycles. The van der Waals surface area contributed by atoms with Crippen LogP contribution in [0.4, 0.5) is 5.69 Å². The normalized spacial score (nSPS) is 13.2. The molecule has 150 valence electrons. The lowest BCUT2D eigenvalue weighted by Gasteiger charge is -2.32. The number of anilines is 1. The van der Waals surface area contributed by atoms with Gasteiger partial charge in [-0.05, 0) is 41.3 Å². The van der Waals surface area contributed by atoms with E-state index in [9.17, 15) is 4.79 Å². The van der Waals surface area contributed by atoms with E-state index in [1.807, 2.05) is 42.5 Å². The van der Waals surface area contributed by atoms with Gasteiger partial charge in [-0.3, -0.25) is 0 Å². The Morgan fingerprint density at radius 3 is 2.67 bits per heavy atom. The van der Waals surface area contributed by atoms with Gasteiger partial charge in [0.2, 0.25) is 0 Å². The van der Waals surface area contributed by atoms with Crippen LogP contribution in [-0.4, -0.2) is 6.73 Å². The summed E-state index contributed by atoms with van der Waals surface area (Å²) in [5, 5.41) is 1.32. The summed E-state index contributed by atoms with van der Waals surface area (Å²) in [7, 11) is 0. The van der Waals surface area contributed by atoms with E-state index in [0.29, 0.717) is 29.6 Å². The van der Waals surface area contributed by atoms with Crippen molar-refractivity contribution in [1.29, 1.82) is 0 Å². The molecule has 0 bridgehead atoms. The third kappa shape index (κ3) is 3.23. The van der Waals surface area contributed by atoms with Crippen LogP contribution >= 0.6 is 11.6 Å². The van der Waals surface area contributed by atoms with Crippen LogP contribution < -0.4 is 15.3 Å². The molecule has 0 radical (unpaired) electrons. The van der Waals surface area contributed by atoms with Gasteiger partial charge in [0, 0.05) is 17.1 Å². The highest BCUT2D eigenvalue weighted by atomic mass is 35.5. The molecule has 30 heavy (non-hydrogen) atoms. The third-order valence-electron chi connectivity index (χ3n) is 5.52. The van der Waals surface area contributed by atoms with Gasteiger partial charge < -0.3 is 14.1 Å². The van der Waals surface area contributed by atoms with Crippen molar-refractivity contribution in [3.05, 3.63) is 93.3 Å². The number of nitrogens with zero attached hydrogens (tertiary/aromatic N) is 1. The van der Waals surface area contributed by atoms with E-state index >= 15 is 0 Å². The minimum absolute atomic E-state index is 0.383. The highest BCUT2D eigenvalue weighted by Gasteiger charge is 2.26. The Labute approximate surface area is 179 Å². The Kier molecular flexibility index (Phi) is 4.72. The Morgan fingerprint density at radius 1 is 1.03 bits per heavy atom. The van der Waals surface area contributed by atoms with Gasteiger partial charge in [0.05, 0.1) is 17.1 Å². The summed E-state index contributed by atoms with van der Waals surface area (Å²) in [6.45, 7) is 3.06. The first kappa shape index (κ1) is 18.8. The zero-order valence-electron chi connectivity index (χ0n) is 16.5. The summed E-state index contributed by atoms with van der Waals surface area (Å²) in [5.41, 5.74) is 4.99. The average molecular weight is 418 g/mol. The molecule has 3 aromatic carbocycles. The highest BCUT2D eigenvalue weighted by Crippen LogP contribution is 2.42. The summed E-state index contributed by atoms with van der Waals surface area (Å²) in [6.07, 6.45) is 0.962. The molecule has 0 aliphatic carbocycles. The van der Waals surface area contributed by atoms with E-state index in [2.05, 4.69) is 30.0 Å². The van der Waals surface area contributed by atoms with Crippen LogP contribution in [0.15, 0.2) is 75.9 Å². The van der Waals surface area contributed by atoms with Crippen LogP contribution in [0.5, 0.6) is 5.75 Å². The van der Waals surface area contributed by atoms with Crippen molar-refractivity contribution in [3.8, 4) is 16.9 Å². The molecule has 0 unspecified atom stereocenters. The Hall–Kier alpha value is -3.24. The summed E-state index contributed by atoms with van der Waals surface area (Å²) < 4.78 is 11.7. The minimum Gasteiger partial charge on any atom is -0.471 e. The second-order valence-electron chi connectivity index (χ2n) is 7.38. The first-order chi connectivity index (χ1) is 14.6. The van der Waals surface area contributed by atoms with Crippen molar-refractivity contribution in [1.82, 2.24) is 0 Å². The number of aryl methyl sites for hydroxylation is 1. The van der Waals surface area contributed by atoms with Gasteiger partial charge in [0.1, 0.15) is 11.3 Å². The molecule has 0 amide bonds. The van der Waals surface area contributed by atoms with E-state index in [-0.39, 0.29) is 0 Å². The van der Waals surface area contributed by atoms with Crippen molar-refractivity contribution in [2.24, 2.45) is 0 Å². The zero-order valence-corrected chi connectivity index (χ0v) is 17.3. The molecule has 0 fully saturated rings. The molecule has 5 heteroatoms. The van der Waals surface area contributed by atoms with E-state index in [1.54, 1.807) is 0 Å². The average Bonchev–Trinajstić information content (AvgIpc) is 2.79.